The monoisotopic (exact) mass is 442 g/mol. The van der Waals surface area contributed by atoms with E-state index in [1.807, 2.05) is 6.07 Å². The molecule has 0 N–H and O–H groups in total. The molecule has 3 aromatic rings. The Morgan fingerprint density at radius 2 is 1.90 bits per heavy atom. The van der Waals surface area contributed by atoms with Gasteiger partial charge < -0.3 is 4.74 Å². The van der Waals surface area contributed by atoms with Crippen LogP contribution >= 0.6 is 11.6 Å². The van der Waals surface area contributed by atoms with Gasteiger partial charge in [0.05, 0.1) is 11.2 Å². The third-order valence-electron chi connectivity index (χ3n) is 5.18. The van der Waals surface area contributed by atoms with E-state index < -0.39 is 35.6 Å². The van der Waals surface area contributed by atoms with E-state index in [0.29, 0.717) is 11.1 Å². The fraction of sp³-hybridized carbons (Fsp3) is 0.174. The number of ether oxygens (including phenoxy) is 1. The van der Waals surface area contributed by atoms with Gasteiger partial charge in [-0.15, -0.1) is 0 Å². The largest absolute Gasteiger partial charge is 0.446 e. The Labute approximate surface area is 182 Å². The summed E-state index contributed by atoms with van der Waals surface area (Å²) in [6, 6.07) is 13.8. The number of rotatable bonds is 5. The summed E-state index contributed by atoms with van der Waals surface area (Å²) in [6.07, 6.45) is 1.47. The second kappa shape index (κ2) is 8.81. The van der Waals surface area contributed by atoms with Crippen molar-refractivity contribution in [3.8, 4) is 0 Å². The van der Waals surface area contributed by atoms with E-state index in [1.54, 1.807) is 30.3 Å². The molecule has 1 aliphatic heterocycles. The van der Waals surface area contributed by atoms with Gasteiger partial charge in [-0.05, 0) is 34.9 Å². The molecule has 0 bridgehead atoms. The number of imide groups is 1. The first-order chi connectivity index (χ1) is 14.9. The number of carbonyl (C=O) groups is 2. The number of pyridine rings is 1. The molecule has 0 spiro atoms. The fourth-order valence-electron chi connectivity index (χ4n) is 3.67. The minimum Gasteiger partial charge on any atom is -0.446 e. The normalized spacial score (nSPS) is 16.8. The van der Waals surface area contributed by atoms with Gasteiger partial charge in [-0.1, -0.05) is 48.0 Å². The van der Waals surface area contributed by atoms with E-state index in [0.717, 1.165) is 16.7 Å². The Hall–Kier alpha value is -3.32. The van der Waals surface area contributed by atoms with Gasteiger partial charge in [-0.2, -0.15) is 0 Å². The molecule has 31 heavy (non-hydrogen) atoms. The van der Waals surface area contributed by atoms with Crippen LogP contribution in [0, 0.1) is 11.6 Å². The standard InChI is InChI=1S/C23H17ClF2N2O3/c24-19-7-6-15(9-20(19)26)18(16-8-17(25)12-27-11-16)10-22(29)28-21(13-31-23(28)30)14-4-2-1-3-5-14/h1-9,11-12,18,21H,10,13H2/t18?,21-/m0/s1. The van der Waals surface area contributed by atoms with Gasteiger partial charge >= 0.3 is 6.09 Å². The van der Waals surface area contributed by atoms with E-state index >= 15 is 0 Å². The van der Waals surface area contributed by atoms with Crippen LogP contribution < -0.4 is 0 Å². The van der Waals surface area contributed by atoms with Crippen LogP contribution in [0.25, 0.3) is 0 Å². The number of nitrogens with zero attached hydrogens (tertiary/aromatic N) is 2. The molecule has 1 aliphatic rings. The Morgan fingerprint density at radius 3 is 2.61 bits per heavy atom. The quantitative estimate of drug-likeness (QED) is 0.541. The van der Waals surface area contributed by atoms with Crippen LogP contribution in [-0.2, 0) is 9.53 Å². The maximum absolute atomic E-state index is 14.1. The molecule has 4 rings (SSSR count). The Balaban J connectivity index is 1.68. The molecule has 0 saturated carbocycles. The number of benzene rings is 2. The lowest BCUT2D eigenvalue weighted by molar-refractivity contribution is -0.129. The first-order valence-electron chi connectivity index (χ1n) is 9.53. The number of aromatic nitrogens is 1. The summed E-state index contributed by atoms with van der Waals surface area (Å²) in [5.74, 6) is -2.52. The number of hydrogen-bond acceptors (Lipinski definition) is 4. The third kappa shape index (κ3) is 4.41. The Morgan fingerprint density at radius 1 is 1.13 bits per heavy atom. The summed E-state index contributed by atoms with van der Waals surface area (Å²) in [7, 11) is 0. The summed E-state index contributed by atoms with van der Waals surface area (Å²) in [6.45, 7) is 0.0380. The number of carbonyl (C=O) groups excluding carboxylic acids is 2. The van der Waals surface area contributed by atoms with Crippen molar-refractivity contribution in [2.45, 2.75) is 18.4 Å². The molecule has 158 valence electrons. The van der Waals surface area contributed by atoms with Crippen molar-refractivity contribution >= 4 is 23.6 Å². The zero-order valence-corrected chi connectivity index (χ0v) is 16.9. The SMILES string of the molecule is O=C(CC(c1cncc(F)c1)c1ccc(Cl)c(F)c1)N1C(=O)OC[C@H]1c1ccccc1. The number of cyclic esters (lactones) is 1. The average Bonchev–Trinajstić information content (AvgIpc) is 3.16. The summed E-state index contributed by atoms with van der Waals surface area (Å²) < 4.78 is 33.1. The lowest BCUT2D eigenvalue weighted by atomic mass is 9.88. The second-order valence-electron chi connectivity index (χ2n) is 7.13. The average molecular weight is 443 g/mol. The van der Waals surface area contributed by atoms with Crippen LogP contribution in [0.15, 0.2) is 67.0 Å². The molecule has 2 amide bonds. The van der Waals surface area contributed by atoms with Gasteiger partial charge in [0.2, 0.25) is 5.91 Å². The van der Waals surface area contributed by atoms with Crippen molar-refractivity contribution in [1.82, 2.24) is 9.88 Å². The van der Waals surface area contributed by atoms with Gasteiger partial charge in [-0.3, -0.25) is 9.78 Å². The molecule has 1 unspecified atom stereocenters. The van der Waals surface area contributed by atoms with E-state index in [9.17, 15) is 18.4 Å². The van der Waals surface area contributed by atoms with Crippen molar-refractivity contribution in [2.75, 3.05) is 6.61 Å². The summed E-state index contributed by atoms with van der Waals surface area (Å²) in [5, 5.41) is -0.0709. The highest BCUT2D eigenvalue weighted by Crippen LogP contribution is 2.34. The molecule has 1 aromatic heterocycles. The van der Waals surface area contributed by atoms with Gasteiger partial charge in [0, 0.05) is 18.5 Å². The molecule has 0 aliphatic carbocycles. The summed E-state index contributed by atoms with van der Waals surface area (Å²) in [4.78, 5) is 30.5. The fourth-order valence-corrected chi connectivity index (χ4v) is 3.78. The predicted octanol–water partition coefficient (Wildman–Crippen LogP) is 5.26. The lowest BCUT2D eigenvalue weighted by Crippen LogP contribution is -2.35. The van der Waals surface area contributed by atoms with Crippen LogP contribution in [0.5, 0.6) is 0 Å². The minimum atomic E-state index is -0.753. The zero-order valence-electron chi connectivity index (χ0n) is 16.2. The van der Waals surface area contributed by atoms with Crippen molar-refractivity contribution < 1.29 is 23.1 Å². The maximum Gasteiger partial charge on any atom is 0.417 e. The van der Waals surface area contributed by atoms with Gasteiger partial charge in [0.25, 0.3) is 0 Å². The minimum absolute atomic E-state index is 0.0380. The highest BCUT2D eigenvalue weighted by Gasteiger charge is 2.39. The summed E-state index contributed by atoms with van der Waals surface area (Å²) >= 11 is 5.79. The van der Waals surface area contributed by atoms with Crippen LogP contribution in [-0.4, -0.2) is 28.5 Å². The van der Waals surface area contributed by atoms with Crippen LogP contribution in [0.2, 0.25) is 5.02 Å². The Bertz CT molecular complexity index is 1130. The zero-order chi connectivity index (χ0) is 22.0. The highest BCUT2D eigenvalue weighted by molar-refractivity contribution is 6.30. The Kier molecular flexibility index (Phi) is 5.95. The molecule has 0 radical (unpaired) electrons. The number of hydrogen-bond donors (Lipinski definition) is 0. The van der Waals surface area contributed by atoms with Crippen LogP contribution in [0.1, 0.15) is 35.1 Å². The van der Waals surface area contributed by atoms with Crippen molar-refractivity contribution in [3.63, 3.8) is 0 Å². The first-order valence-corrected chi connectivity index (χ1v) is 9.91. The van der Waals surface area contributed by atoms with Crippen molar-refractivity contribution in [3.05, 3.63) is 100 Å². The van der Waals surface area contributed by atoms with Gasteiger partial charge in [0.15, 0.2) is 0 Å². The third-order valence-corrected chi connectivity index (χ3v) is 5.49. The summed E-state index contributed by atoms with van der Waals surface area (Å²) in [5.41, 5.74) is 1.54. The van der Waals surface area contributed by atoms with Crippen LogP contribution in [0.3, 0.4) is 0 Å². The molecule has 2 atom stereocenters. The number of halogens is 3. The molecule has 2 heterocycles. The van der Waals surface area contributed by atoms with E-state index in [4.69, 9.17) is 16.3 Å². The van der Waals surface area contributed by atoms with Crippen molar-refractivity contribution in [1.29, 1.82) is 0 Å². The molecule has 8 heteroatoms. The topological polar surface area (TPSA) is 59.5 Å². The molecule has 1 fully saturated rings. The van der Waals surface area contributed by atoms with E-state index in [1.165, 1.54) is 24.4 Å². The van der Waals surface area contributed by atoms with Crippen molar-refractivity contribution in [2.24, 2.45) is 0 Å². The molecule has 5 nitrogen and oxygen atoms in total. The maximum atomic E-state index is 14.1. The molecular formula is C23H17ClF2N2O3. The van der Waals surface area contributed by atoms with Gasteiger partial charge in [0.1, 0.15) is 24.3 Å². The predicted molar refractivity (Wildman–Crippen MR) is 109 cm³/mol. The number of amides is 2. The van der Waals surface area contributed by atoms with Crippen LogP contribution in [0.4, 0.5) is 13.6 Å². The first kappa shape index (κ1) is 20.9. The molecule has 2 aromatic carbocycles. The lowest BCUT2D eigenvalue weighted by Gasteiger charge is -2.23. The van der Waals surface area contributed by atoms with Gasteiger partial charge in [-0.25, -0.2) is 18.5 Å². The van der Waals surface area contributed by atoms with E-state index in [2.05, 4.69) is 4.98 Å². The highest BCUT2D eigenvalue weighted by atomic mass is 35.5. The smallest absolute Gasteiger partial charge is 0.417 e. The molecular weight excluding hydrogens is 426 g/mol. The second-order valence-corrected chi connectivity index (χ2v) is 7.54. The molecule has 1 saturated heterocycles. The van der Waals surface area contributed by atoms with E-state index in [-0.39, 0.29) is 18.1 Å².